The van der Waals surface area contributed by atoms with E-state index in [0.717, 1.165) is 0 Å². The minimum Gasteiger partial charge on any atom is -0.320 e. The first-order chi connectivity index (χ1) is 7.34. The number of nitrogens with one attached hydrogen (secondary N) is 1. The number of hydrogen-bond acceptors (Lipinski definition) is 3. The van der Waals surface area contributed by atoms with Crippen molar-refractivity contribution in [2.75, 3.05) is 5.32 Å². The second-order valence-electron chi connectivity index (χ2n) is 3.78. The first-order valence-electron chi connectivity index (χ1n) is 4.55. The molecule has 0 spiro atoms. The van der Waals surface area contributed by atoms with Crippen molar-refractivity contribution in [3.8, 4) is 0 Å². The van der Waals surface area contributed by atoms with Gasteiger partial charge in [0.15, 0.2) is 0 Å². The third-order valence-corrected chi connectivity index (χ3v) is 2.37. The summed E-state index contributed by atoms with van der Waals surface area (Å²) in [5.41, 5.74) is -1.18. The molecule has 0 bridgehead atoms. The SMILES string of the molecule is CC(C)(C(=O)Nc1ccc(Cl)cc1)[N+](=O)[O-]. The van der Waals surface area contributed by atoms with Crippen LogP contribution in [0.5, 0.6) is 0 Å². The normalized spacial score (nSPS) is 10.9. The molecule has 86 valence electrons. The fourth-order valence-corrected chi connectivity index (χ4v) is 1.03. The number of rotatable bonds is 3. The quantitative estimate of drug-likeness (QED) is 0.653. The standard InChI is InChI=1S/C10H11ClN2O3/c1-10(2,13(15)16)9(14)12-8-5-3-7(11)4-6-8/h3-6H,1-2H3,(H,12,14). The lowest BCUT2D eigenvalue weighted by atomic mass is 10.1. The molecular formula is C10H11ClN2O3. The van der Waals surface area contributed by atoms with Crippen LogP contribution in [0.3, 0.4) is 0 Å². The number of halogens is 1. The van der Waals surface area contributed by atoms with Gasteiger partial charge < -0.3 is 5.32 Å². The van der Waals surface area contributed by atoms with E-state index in [2.05, 4.69) is 5.32 Å². The van der Waals surface area contributed by atoms with Gasteiger partial charge in [0.2, 0.25) is 0 Å². The van der Waals surface area contributed by atoms with Crippen molar-refractivity contribution >= 4 is 23.2 Å². The lowest BCUT2D eigenvalue weighted by Gasteiger charge is -2.14. The van der Waals surface area contributed by atoms with E-state index in [-0.39, 0.29) is 0 Å². The van der Waals surface area contributed by atoms with E-state index >= 15 is 0 Å². The second kappa shape index (κ2) is 4.49. The maximum atomic E-state index is 11.6. The molecule has 1 rings (SSSR count). The molecule has 0 aliphatic heterocycles. The second-order valence-corrected chi connectivity index (χ2v) is 4.21. The molecule has 0 heterocycles. The highest BCUT2D eigenvalue weighted by Gasteiger charge is 2.40. The Balaban J connectivity index is 2.79. The van der Waals surface area contributed by atoms with Gasteiger partial charge in [-0.2, -0.15) is 0 Å². The molecule has 0 unspecified atom stereocenters. The maximum absolute atomic E-state index is 11.6. The van der Waals surface area contributed by atoms with Crippen molar-refractivity contribution in [3.05, 3.63) is 39.4 Å². The maximum Gasteiger partial charge on any atom is 0.301 e. The number of carbonyl (C=O) groups is 1. The van der Waals surface area contributed by atoms with Gasteiger partial charge in [0.05, 0.1) is 0 Å². The van der Waals surface area contributed by atoms with Crippen molar-refractivity contribution in [2.24, 2.45) is 0 Å². The van der Waals surface area contributed by atoms with E-state index < -0.39 is 16.4 Å². The van der Waals surface area contributed by atoms with Gasteiger partial charge in [-0.15, -0.1) is 0 Å². The molecule has 1 aromatic rings. The Morgan fingerprint density at radius 3 is 2.31 bits per heavy atom. The number of anilines is 1. The lowest BCUT2D eigenvalue weighted by Crippen LogP contribution is -2.44. The largest absolute Gasteiger partial charge is 0.320 e. The Bertz CT molecular complexity index is 415. The number of hydrogen-bond donors (Lipinski definition) is 1. The molecule has 0 saturated heterocycles. The van der Waals surface area contributed by atoms with Crippen molar-refractivity contribution in [1.29, 1.82) is 0 Å². The average molecular weight is 243 g/mol. The fraction of sp³-hybridized carbons (Fsp3) is 0.300. The molecule has 1 aromatic carbocycles. The van der Waals surface area contributed by atoms with Gasteiger partial charge in [0.25, 0.3) is 5.54 Å². The Kier molecular flexibility index (Phi) is 3.49. The molecule has 16 heavy (non-hydrogen) atoms. The van der Waals surface area contributed by atoms with Crippen molar-refractivity contribution < 1.29 is 9.72 Å². The van der Waals surface area contributed by atoms with Crippen LogP contribution < -0.4 is 5.32 Å². The van der Waals surface area contributed by atoms with Crippen molar-refractivity contribution in [3.63, 3.8) is 0 Å². The van der Waals surface area contributed by atoms with E-state index in [4.69, 9.17) is 11.6 Å². The number of nitrogens with zero attached hydrogens (tertiary/aromatic N) is 1. The van der Waals surface area contributed by atoms with Crippen LogP contribution in [0.1, 0.15) is 13.8 Å². The highest BCUT2D eigenvalue weighted by molar-refractivity contribution is 6.30. The van der Waals surface area contributed by atoms with Gasteiger partial charge in [0.1, 0.15) is 0 Å². The third kappa shape index (κ3) is 2.70. The van der Waals surface area contributed by atoms with Crippen molar-refractivity contribution in [1.82, 2.24) is 0 Å². The van der Waals surface area contributed by atoms with E-state index in [9.17, 15) is 14.9 Å². The Hall–Kier alpha value is -1.62. The fourth-order valence-electron chi connectivity index (χ4n) is 0.900. The average Bonchev–Trinajstić information content (AvgIpc) is 2.21. The van der Waals surface area contributed by atoms with E-state index in [1.165, 1.54) is 13.8 Å². The highest BCUT2D eigenvalue weighted by atomic mass is 35.5. The van der Waals surface area contributed by atoms with Crippen molar-refractivity contribution in [2.45, 2.75) is 19.4 Å². The topological polar surface area (TPSA) is 72.2 Å². The number of benzene rings is 1. The lowest BCUT2D eigenvalue weighted by molar-refractivity contribution is -0.542. The van der Waals surface area contributed by atoms with Gasteiger partial charge in [-0.1, -0.05) is 11.6 Å². The van der Waals surface area contributed by atoms with Gasteiger partial charge in [-0.3, -0.25) is 14.9 Å². The molecule has 1 N–H and O–H groups in total. The summed E-state index contributed by atoms with van der Waals surface area (Å²) in [6.07, 6.45) is 0. The summed E-state index contributed by atoms with van der Waals surface area (Å²) in [6.45, 7) is 2.50. The van der Waals surface area contributed by atoms with E-state index in [0.29, 0.717) is 10.7 Å². The molecule has 0 aromatic heterocycles. The van der Waals surface area contributed by atoms with E-state index in [1.807, 2.05) is 0 Å². The van der Waals surface area contributed by atoms with Crippen LogP contribution >= 0.6 is 11.6 Å². The van der Waals surface area contributed by atoms with Gasteiger partial charge in [-0.05, 0) is 24.3 Å². The Labute approximate surface area is 97.6 Å². The molecular weight excluding hydrogens is 232 g/mol. The number of amides is 1. The number of nitro groups is 1. The molecule has 0 saturated carbocycles. The summed E-state index contributed by atoms with van der Waals surface area (Å²) in [5.74, 6) is -0.667. The molecule has 0 fully saturated rings. The van der Waals surface area contributed by atoms with Crippen LogP contribution in [0.4, 0.5) is 5.69 Å². The predicted octanol–water partition coefficient (Wildman–Crippen LogP) is 2.33. The minimum absolute atomic E-state index is 0.476. The summed E-state index contributed by atoms with van der Waals surface area (Å²) in [6, 6.07) is 6.35. The molecule has 0 aliphatic carbocycles. The summed E-state index contributed by atoms with van der Waals surface area (Å²) >= 11 is 5.67. The monoisotopic (exact) mass is 242 g/mol. The molecule has 0 atom stereocenters. The number of carbonyl (C=O) groups excluding carboxylic acids is 1. The Morgan fingerprint density at radius 2 is 1.88 bits per heavy atom. The van der Waals surface area contributed by atoms with Crippen LogP contribution in [0.15, 0.2) is 24.3 Å². The molecule has 0 radical (unpaired) electrons. The zero-order valence-corrected chi connectivity index (χ0v) is 9.62. The van der Waals surface area contributed by atoms with Crippen LogP contribution in [-0.2, 0) is 4.79 Å². The first-order valence-corrected chi connectivity index (χ1v) is 4.93. The molecule has 5 nitrogen and oxygen atoms in total. The van der Waals surface area contributed by atoms with Gasteiger partial charge >= 0.3 is 5.91 Å². The van der Waals surface area contributed by atoms with Crippen LogP contribution in [0.2, 0.25) is 5.02 Å². The molecule has 6 heteroatoms. The first kappa shape index (κ1) is 12.4. The molecule has 0 aliphatic rings. The summed E-state index contributed by atoms with van der Waals surface area (Å²) in [5, 5.41) is 13.6. The summed E-state index contributed by atoms with van der Waals surface area (Å²) < 4.78 is 0. The smallest absolute Gasteiger partial charge is 0.301 e. The highest BCUT2D eigenvalue weighted by Crippen LogP contribution is 2.16. The van der Waals surface area contributed by atoms with Gasteiger partial charge in [-0.25, -0.2) is 0 Å². The van der Waals surface area contributed by atoms with Crippen LogP contribution in [0, 0.1) is 10.1 Å². The summed E-state index contributed by atoms with van der Waals surface area (Å²) in [7, 11) is 0. The minimum atomic E-state index is -1.65. The zero-order valence-electron chi connectivity index (χ0n) is 8.86. The van der Waals surface area contributed by atoms with Crippen LogP contribution in [0.25, 0.3) is 0 Å². The predicted molar refractivity (Wildman–Crippen MR) is 61.2 cm³/mol. The van der Waals surface area contributed by atoms with Gasteiger partial charge in [0, 0.05) is 29.5 Å². The summed E-state index contributed by atoms with van der Waals surface area (Å²) in [4.78, 5) is 21.6. The zero-order chi connectivity index (χ0) is 12.3. The molecule has 1 amide bonds. The van der Waals surface area contributed by atoms with Crippen LogP contribution in [-0.4, -0.2) is 16.4 Å². The third-order valence-electron chi connectivity index (χ3n) is 2.11. The Morgan fingerprint density at radius 1 is 1.38 bits per heavy atom. The van der Waals surface area contributed by atoms with E-state index in [1.54, 1.807) is 24.3 Å².